The summed E-state index contributed by atoms with van der Waals surface area (Å²) in [5.41, 5.74) is 2.59. The predicted molar refractivity (Wildman–Crippen MR) is 66.2 cm³/mol. The van der Waals surface area contributed by atoms with Gasteiger partial charge in [-0.3, -0.25) is 5.10 Å². The molecule has 0 unspecified atom stereocenters. The number of rotatable bonds is 0. The fourth-order valence-corrected chi connectivity index (χ4v) is 2.15. The van der Waals surface area contributed by atoms with E-state index in [-0.39, 0.29) is 0 Å². The number of aromatic nitrogens is 4. The third-order valence-electron chi connectivity index (χ3n) is 2.58. The van der Waals surface area contributed by atoms with Gasteiger partial charge in [-0.2, -0.15) is 10.1 Å². The van der Waals surface area contributed by atoms with E-state index in [1.807, 2.05) is 29.8 Å². The molecule has 2 heterocycles. The summed E-state index contributed by atoms with van der Waals surface area (Å²) in [5, 5.41) is 8.56. The van der Waals surface area contributed by atoms with Crippen molar-refractivity contribution >= 4 is 45.9 Å². The van der Waals surface area contributed by atoms with Gasteiger partial charge in [-0.15, -0.1) is 0 Å². The average molecular weight is 251 g/mol. The van der Waals surface area contributed by atoms with Gasteiger partial charge in [0.15, 0.2) is 5.65 Å². The third kappa shape index (κ3) is 1.25. The van der Waals surface area contributed by atoms with Crippen molar-refractivity contribution in [1.29, 1.82) is 0 Å². The van der Waals surface area contributed by atoms with Crippen molar-refractivity contribution in [3.63, 3.8) is 0 Å². The van der Waals surface area contributed by atoms with Crippen molar-refractivity contribution in [3.8, 4) is 0 Å². The van der Waals surface area contributed by atoms with E-state index >= 15 is 0 Å². The molecule has 80 valence electrons. The van der Waals surface area contributed by atoms with Gasteiger partial charge in [0.05, 0.1) is 5.52 Å². The molecule has 1 aromatic carbocycles. The summed E-state index contributed by atoms with van der Waals surface area (Å²) < 4.78 is 2.34. The molecule has 4 nitrogen and oxygen atoms in total. The molecule has 3 aromatic rings. The minimum Gasteiger partial charge on any atom is -0.327 e. The summed E-state index contributed by atoms with van der Waals surface area (Å²) in [4.78, 5) is 4.26. The maximum atomic E-state index is 5.97. The standard InChI is InChI=1S/C10H7ClN4S/c1-15-7-3-2-5(11)4-6(7)8-9(15)12-10(16)14-13-8/h2-4H,1H3,(H,12,14,16). The highest BCUT2D eigenvalue weighted by Gasteiger charge is 2.10. The lowest BCUT2D eigenvalue weighted by Gasteiger charge is -1.95. The molecule has 0 aliphatic carbocycles. The van der Waals surface area contributed by atoms with Gasteiger partial charge in [0.2, 0.25) is 4.77 Å². The summed E-state index contributed by atoms with van der Waals surface area (Å²) in [7, 11) is 1.93. The van der Waals surface area contributed by atoms with Crippen molar-refractivity contribution < 1.29 is 0 Å². The number of hydrogen-bond acceptors (Lipinski definition) is 3. The summed E-state index contributed by atoms with van der Waals surface area (Å²) >= 11 is 10.9. The Balaban J connectivity index is 2.64. The molecule has 0 aliphatic heterocycles. The van der Waals surface area contributed by atoms with Crippen molar-refractivity contribution in [3.05, 3.63) is 28.0 Å². The molecule has 3 rings (SSSR count). The zero-order valence-electron chi connectivity index (χ0n) is 8.36. The monoisotopic (exact) mass is 250 g/mol. The second kappa shape index (κ2) is 3.26. The molecule has 0 radical (unpaired) electrons. The SMILES string of the molecule is Cn1c2ccc(Cl)cc2c2n[nH]c(=S)nc21. The molecule has 0 spiro atoms. The molecule has 16 heavy (non-hydrogen) atoms. The van der Waals surface area contributed by atoms with Crippen LogP contribution in [-0.2, 0) is 7.05 Å². The van der Waals surface area contributed by atoms with Crippen LogP contribution in [0.3, 0.4) is 0 Å². The molecule has 1 N–H and O–H groups in total. The number of fused-ring (bicyclic) bond motifs is 3. The first-order valence-electron chi connectivity index (χ1n) is 4.67. The first kappa shape index (κ1) is 9.74. The molecule has 0 bridgehead atoms. The van der Waals surface area contributed by atoms with E-state index in [2.05, 4.69) is 15.2 Å². The smallest absolute Gasteiger partial charge is 0.215 e. The van der Waals surface area contributed by atoms with E-state index in [4.69, 9.17) is 23.8 Å². The van der Waals surface area contributed by atoms with E-state index < -0.39 is 0 Å². The number of benzene rings is 1. The highest BCUT2D eigenvalue weighted by atomic mass is 35.5. The van der Waals surface area contributed by atoms with Crippen LogP contribution in [0.2, 0.25) is 5.02 Å². The van der Waals surface area contributed by atoms with Gasteiger partial charge in [-0.1, -0.05) is 11.6 Å². The molecule has 0 atom stereocenters. The minimum absolute atomic E-state index is 0.379. The second-order valence-corrected chi connectivity index (χ2v) is 4.36. The number of halogens is 1. The molecule has 6 heteroatoms. The maximum absolute atomic E-state index is 5.97. The van der Waals surface area contributed by atoms with Gasteiger partial charge in [0.1, 0.15) is 5.52 Å². The normalized spacial score (nSPS) is 11.4. The Labute approximate surface area is 101 Å². The van der Waals surface area contributed by atoms with Crippen LogP contribution in [0.25, 0.3) is 22.1 Å². The van der Waals surface area contributed by atoms with Crippen LogP contribution in [0.5, 0.6) is 0 Å². The highest BCUT2D eigenvalue weighted by molar-refractivity contribution is 7.71. The first-order chi connectivity index (χ1) is 7.66. The van der Waals surface area contributed by atoms with Crippen LogP contribution in [0.1, 0.15) is 0 Å². The van der Waals surface area contributed by atoms with Crippen LogP contribution >= 0.6 is 23.8 Å². The van der Waals surface area contributed by atoms with Gasteiger partial charge >= 0.3 is 0 Å². The van der Waals surface area contributed by atoms with Crippen LogP contribution < -0.4 is 0 Å². The minimum atomic E-state index is 0.379. The van der Waals surface area contributed by atoms with Crippen LogP contribution in [0.4, 0.5) is 0 Å². The van der Waals surface area contributed by atoms with E-state index in [0.29, 0.717) is 9.79 Å². The van der Waals surface area contributed by atoms with Crippen LogP contribution in [-0.4, -0.2) is 19.7 Å². The fourth-order valence-electron chi connectivity index (χ4n) is 1.85. The van der Waals surface area contributed by atoms with Crippen molar-refractivity contribution in [2.75, 3.05) is 0 Å². The van der Waals surface area contributed by atoms with Crippen molar-refractivity contribution in [2.45, 2.75) is 0 Å². The van der Waals surface area contributed by atoms with Crippen molar-refractivity contribution in [1.82, 2.24) is 19.7 Å². The number of aromatic amines is 1. The van der Waals surface area contributed by atoms with Gasteiger partial charge in [0.25, 0.3) is 0 Å². The molecule has 0 saturated heterocycles. The number of aryl methyl sites for hydroxylation is 1. The summed E-state index contributed by atoms with van der Waals surface area (Å²) in [6, 6.07) is 5.68. The predicted octanol–water partition coefficient (Wildman–Crippen LogP) is 2.83. The zero-order chi connectivity index (χ0) is 11.3. The fraction of sp³-hybridized carbons (Fsp3) is 0.100. The Hall–Kier alpha value is -1.46. The van der Waals surface area contributed by atoms with E-state index in [9.17, 15) is 0 Å². The quantitative estimate of drug-likeness (QED) is 0.624. The molecule has 0 fully saturated rings. The van der Waals surface area contributed by atoms with Crippen LogP contribution in [0.15, 0.2) is 18.2 Å². The second-order valence-electron chi connectivity index (χ2n) is 3.53. The van der Waals surface area contributed by atoms with Crippen LogP contribution in [0, 0.1) is 4.77 Å². The largest absolute Gasteiger partial charge is 0.327 e. The van der Waals surface area contributed by atoms with Gasteiger partial charge in [-0.25, -0.2) is 0 Å². The molecule has 0 saturated carbocycles. The summed E-state index contributed by atoms with van der Waals surface area (Å²) in [5.74, 6) is 0. The van der Waals surface area contributed by atoms with Crippen molar-refractivity contribution in [2.24, 2.45) is 7.05 Å². The Morgan fingerprint density at radius 3 is 3.06 bits per heavy atom. The Morgan fingerprint density at radius 2 is 2.25 bits per heavy atom. The number of nitrogens with one attached hydrogen (secondary N) is 1. The lowest BCUT2D eigenvalue weighted by molar-refractivity contribution is 0.941. The Kier molecular flexibility index (Phi) is 1.99. The first-order valence-corrected chi connectivity index (χ1v) is 5.46. The molecular formula is C10H7ClN4S. The van der Waals surface area contributed by atoms with E-state index in [0.717, 1.165) is 22.1 Å². The molecular weight excluding hydrogens is 244 g/mol. The van der Waals surface area contributed by atoms with Gasteiger partial charge < -0.3 is 4.57 Å². The van der Waals surface area contributed by atoms with Gasteiger partial charge in [0, 0.05) is 17.5 Å². The maximum Gasteiger partial charge on any atom is 0.215 e. The highest BCUT2D eigenvalue weighted by Crippen LogP contribution is 2.26. The number of nitrogens with zero attached hydrogens (tertiary/aromatic N) is 3. The zero-order valence-corrected chi connectivity index (χ0v) is 9.93. The van der Waals surface area contributed by atoms with E-state index in [1.165, 1.54) is 0 Å². The lowest BCUT2D eigenvalue weighted by Crippen LogP contribution is -1.92. The molecule has 0 aliphatic rings. The number of hydrogen-bond donors (Lipinski definition) is 1. The summed E-state index contributed by atoms with van der Waals surface area (Å²) in [6.07, 6.45) is 0. The van der Waals surface area contributed by atoms with E-state index in [1.54, 1.807) is 0 Å². The average Bonchev–Trinajstić information content (AvgIpc) is 2.52. The molecule has 2 aromatic heterocycles. The number of H-pyrrole nitrogens is 1. The third-order valence-corrected chi connectivity index (χ3v) is 2.99. The molecule has 0 amide bonds. The van der Waals surface area contributed by atoms with Gasteiger partial charge in [-0.05, 0) is 30.4 Å². The Bertz CT molecular complexity index is 758. The Morgan fingerprint density at radius 1 is 1.44 bits per heavy atom. The summed E-state index contributed by atoms with van der Waals surface area (Å²) in [6.45, 7) is 0. The topological polar surface area (TPSA) is 46.5 Å². The lowest BCUT2D eigenvalue weighted by atomic mass is 10.2.